The van der Waals surface area contributed by atoms with Crippen LogP contribution in [0.1, 0.15) is 38.7 Å². The highest BCUT2D eigenvalue weighted by Gasteiger charge is 2.56. The first kappa shape index (κ1) is 25.3. The fourth-order valence-corrected chi connectivity index (χ4v) is 5.64. The number of carbonyl (C=O) groups is 1. The van der Waals surface area contributed by atoms with Crippen LogP contribution in [0.5, 0.6) is 5.75 Å². The number of hydrogen-bond acceptors (Lipinski definition) is 4. The van der Waals surface area contributed by atoms with E-state index in [1.165, 1.54) is 0 Å². The van der Waals surface area contributed by atoms with Crippen LogP contribution in [-0.2, 0) is 12.1 Å². The maximum absolute atomic E-state index is 14.9. The Morgan fingerprint density at radius 3 is 1.88 bits per heavy atom. The van der Waals surface area contributed by atoms with Gasteiger partial charge in [0.05, 0.1) is 13.2 Å². The first-order valence-corrected chi connectivity index (χ1v) is 13.5. The van der Waals surface area contributed by atoms with E-state index in [2.05, 4.69) is 41.3 Å². The van der Waals surface area contributed by atoms with E-state index in [-0.39, 0.29) is 5.78 Å². The zero-order valence-corrected chi connectivity index (χ0v) is 22.4. The fraction of sp³-hybridized carbons (Fsp3) is 0.111. The Morgan fingerprint density at radius 1 is 0.725 bits per heavy atom. The van der Waals surface area contributed by atoms with Crippen LogP contribution in [0.15, 0.2) is 151 Å². The highest BCUT2D eigenvalue weighted by Crippen LogP contribution is 2.51. The molecule has 0 fully saturated rings. The normalized spacial score (nSPS) is 18.3. The summed E-state index contributed by atoms with van der Waals surface area (Å²) in [7, 11) is 1.65. The Labute approximate surface area is 235 Å². The van der Waals surface area contributed by atoms with Crippen LogP contribution in [0.3, 0.4) is 0 Å². The van der Waals surface area contributed by atoms with Crippen molar-refractivity contribution < 1.29 is 9.53 Å². The second-order valence-corrected chi connectivity index (χ2v) is 9.92. The van der Waals surface area contributed by atoms with Gasteiger partial charge < -0.3 is 9.64 Å². The average molecular weight is 523 g/mol. The number of nitrogens with zero attached hydrogens (tertiary/aromatic N) is 2. The number of ether oxygens (including phenoxy) is 1. The lowest BCUT2D eigenvalue weighted by Gasteiger charge is -2.38. The van der Waals surface area contributed by atoms with Gasteiger partial charge in [-0.25, -0.2) is 4.99 Å². The summed E-state index contributed by atoms with van der Waals surface area (Å²) in [5.74, 6) is 1.48. The molecule has 196 valence electrons. The Bertz CT molecular complexity index is 1600. The summed E-state index contributed by atoms with van der Waals surface area (Å²) < 4.78 is 5.48. The van der Waals surface area contributed by atoms with E-state index in [0.29, 0.717) is 12.1 Å². The molecule has 0 spiro atoms. The van der Waals surface area contributed by atoms with Crippen molar-refractivity contribution in [3.8, 4) is 5.75 Å². The van der Waals surface area contributed by atoms with Gasteiger partial charge in [0.15, 0.2) is 11.3 Å². The number of ketones is 1. The summed E-state index contributed by atoms with van der Waals surface area (Å²) in [6.07, 6.45) is 0. The van der Waals surface area contributed by atoms with Gasteiger partial charge in [-0.3, -0.25) is 4.79 Å². The molecule has 0 radical (unpaired) electrons. The Balaban J connectivity index is 1.66. The standard InChI is InChI=1S/C36H30N2O2/c1-40-32-24-22-31(23-25-32)36(34(39)29-18-10-4-11-19-29)33(28-16-8-3-9-17-28)38(26-27-14-6-2-7-15-27)35(37-36)30-20-12-5-13-21-30/h2-25,33H,26H2,1H3/t33-,36+/m0/s1. The van der Waals surface area contributed by atoms with Gasteiger partial charge >= 0.3 is 0 Å². The van der Waals surface area contributed by atoms with Crippen LogP contribution in [0.25, 0.3) is 0 Å². The quantitative estimate of drug-likeness (QED) is 0.198. The summed E-state index contributed by atoms with van der Waals surface area (Å²) in [5.41, 5.74) is 3.33. The summed E-state index contributed by atoms with van der Waals surface area (Å²) >= 11 is 0. The van der Waals surface area contributed by atoms with E-state index in [1.54, 1.807) is 7.11 Å². The van der Waals surface area contributed by atoms with Crippen LogP contribution in [0.2, 0.25) is 0 Å². The number of benzene rings is 5. The lowest BCUT2D eigenvalue weighted by Crippen LogP contribution is -2.43. The van der Waals surface area contributed by atoms with E-state index >= 15 is 0 Å². The zero-order chi connectivity index (χ0) is 27.4. The maximum Gasteiger partial charge on any atom is 0.197 e. The Hall–Kier alpha value is -4.96. The van der Waals surface area contributed by atoms with Crippen molar-refractivity contribution in [1.29, 1.82) is 0 Å². The SMILES string of the molecule is COc1ccc([C@@]2(C(=O)c3ccccc3)N=C(c3ccccc3)N(Cc3ccccc3)[C@H]2c2ccccc2)cc1. The summed E-state index contributed by atoms with van der Waals surface area (Å²) in [6, 6.07) is 47.7. The smallest absolute Gasteiger partial charge is 0.197 e. The topological polar surface area (TPSA) is 41.9 Å². The molecule has 40 heavy (non-hydrogen) atoms. The maximum atomic E-state index is 14.9. The molecule has 0 aromatic heterocycles. The Morgan fingerprint density at radius 2 is 1.27 bits per heavy atom. The van der Waals surface area contributed by atoms with Gasteiger partial charge in [-0.15, -0.1) is 0 Å². The number of amidine groups is 1. The molecule has 0 saturated carbocycles. The molecule has 6 rings (SSSR count). The number of hydrogen-bond donors (Lipinski definition) is 0. The molecule has 0 N–H and O–H groups in total. The molecule has 1 aliphatic rings. The zero-order valence-electron chi connectivity index (χ0n) is 22.4. The van der Waals surface area contributed by atoms with Crippen LogP contribution in [0, 0.1) is 0 Å². The van der Waals surface area contributed by atoms with Gasteiger partial charge in [-0.05, 0) is 28.8 Å². The number of carbonyl (C=O) groups excluding carboxylic acids is 1. The van der Waals surface area contributed by atoms with Crippen LogP contribution >= 0.6 is 0 Å². The summed E-state index contributed by atoms with van der Waals surface area (Å²) in [6.45, 7) is 0.591. The largest absolute Gasteiger partial charge is 0.497 e. The van der Waals surface area contributed by atoms with Crippen molar-refractivity contribution in [2.24, 2.45) is 4.99 Å². The number of aliphatic imine (C=N–C) groups is 1. The molecule has 2 atom stereocenters. The molecule has 0 aliphatic carbocycles. The van der Waals surface area contributed by atoms with Gasteiger partial charge in [0.25, 0.3) is 0 Å². The minimum atomic E-state index is -1.24. The van der Waals surface area contributed by atoms with Crippen molar-refractivity contribution in [3.05, 3.63) is 173 Å². The number of methoxy groups -OCH3 is 1. The fourth-order valence-electron chi connectivity index (χ4n) is 5.64. The Kier molecular flexibility index (Phi) is 6.98. The van der Waals surface area contributed by atoms with Crippen molar-refractivity contribution in [2.75, 3.05) is 7.11 Å². The molecule has 1 heterocycles. The molecule has 0 unspecified atom stereocenters. The van der Waals surface area contributed by atoms with Crippen molar-refractivity contribution in [1.82, 2.24) is 4.90 Å². The molecule has 4 nitrogen and oxygen atoms in total. The number of Topliss-reactive ketones (excluding diaryl/α,β-unsaturated/α-hetero) is 1. The third-order valence-electron chi connectivity index (χ3n) is 7.52. The predicted molar refractivity (Wildman–Crippen MR) is 160 cm³/mol. The van der Waals surface area contributed by atoms with Crippen LogP contribution < -0.4 is 4.74 Å². The molecule has 0 saturated heterocycles. The molecular weight excluding hydrogens is 492 g/mol. The molecule has 0 amide bonds. The van der Waals surface area contributed by atoms with Gasteiger partial charge in [0, 0.05) is 17.7 Å². The molecular formula is C36H30N2O2. The van der Waals surface area contributed by atoms with E-state index in [9.17, 15) is 4.79 Å². The summed E-state index contributed by atoms with van der Waals surface area (Å²) in [5, 5.41) is 0. The van der Waals surface area contributed by atoms with Crippen molar-refractivity contribution >= 4 is 11.6 Å². The molecule has 5 aromatic rings. The van der Waals surface area contributed by atoms with Gasteiger partial charge in [0.1, 0.15) is 11.6 Å². The third kappa shape index (κ3) is 4.58. The minimum absolute atomic E-state index is 0.0453. The molecule has 0 bridgehead atoms. The summed E-state index contributed by atoms with van der Waals surface area (Å²) in [4.78, 5) is 22.7. The lowest BCUT2D eigenvalue weighted by molar-refractivity contribution is 0.0820. The van der Waals surface area contributed by atoms with Gasteiger partial charge in [0.2, 0.25) is 0 Å². The van der Waals surface area contributed by atoms with E-state index in [0.717, 1.165) is 33.8 Å². The number of rotatable bonds is 8. The monoisotopic (exact) mass is 522 g/mol. The van der Waals surface area contributed by atoms with Gasteiger partial charge in [-0.2, -0.15) is 0 Å². The van der Waals surface area contributed by atoms with Crippen molar-refractivity contribution in [3.63, 3.8) is 0 Å². The molecule has 1 aliphatic heterocycles. The van der Waals surface area contributed by atoms with Crippen LogP contribution in [0.4, 0.5) is 0 Å². The third-order valence-corrected chi connectivity index (χ3v) is 7.52. The molecule has 4 heteroatoms. The van der Waals surface area contributed by atoms with Crippen molar-refractivity contribution in [2.45, 2.75) is 18.1 Å². The second-order valence-electron chi connectivity index (χ2n) is 9.92. The van der Waals surface area contributed by atoms with Crippen LogP contribution in [-0.4, -0.2) is 23.6 Å². The first-order valence-electron chi connectivity index (χ1n) is 13.5. The first-order chi connectivity index (χ1) is 19.7. The van der Waals surface area contributed by atoms with E-state index < -0.39 is 11.6 Å². The lowest BCUT2D eigenvalue weighted by atomic mass is 9.74. The minimum Gasteiger partial charge on any atom is -0.497 e. The van der Waals surface area contributed by atoms with E-state index in [4.69, 9.17) is 9.73 Å². The van der Waals surface area contributed by atoms with Gasteiger partial charge in [-0.1, -0.05) is 133 Å². The molecule has 5 aromatic carbocycles. The highest BCUT2D eigenvalue weighted by molar-refractivity contribution is 6.10. The highest BCUT2D eigenvalue weighted by atomic mass is 16.5. The average Bonchev–Trinajstić information content (AvgIpc) is 3.38. The second kappa shape index (κ2) is 11.0. The van der Waals surface area contributed by atoms with E-state index in [1.807, 2.05) is 109 Å². The predicted octanol–water partition coefficient (Wildman–Crippen LogP) is 7.48.